The minimum absolute atomic E-state index is 0. The van der Waals surface area contributed by atoms with E-state index >= 15 is 0 Å². The molecule has 0 fully saturated rings. The monoisotopic (exact) mass is 273 g/mol. The Balaban J connectivity index is 0. The van der Waals surface area contributed by atoms with Crippen molar-refractivity contribution in [1.82, 2.24) is 0 Å². The Kier molecular flexibility index (Phi) is 12.8. The maximum absolute atomic E-state index is 4.82. The van der Waals surface area contributed by atoms with Crippen LogP contribution >= 0.6 is 0 Å². The molecule has 0 bridgehead atoms. The molecule has 20 heavy (non-hydrogen) atoms. The summed E-state index contributed by atoms with van der Waals surface area (Å²) in [6.07, 6.45) is 0. The summed E-state index contributed by atoms with van der Waals surface area (Å²) in [5, 5.41) is 4.82. The van der Waals surface area contributed by atoms with Gasteiger partial charge in [0.2, 0.25) is 0 Å². The van der Waals surface area contributed by atoms with Crippen LogP contribution in [0.2, 0.25) is 0 Å². The molecule has 0 saturated carbocycles. The van der Waals surface area contributed by atoms with Crippen molar-refractivity contribution < 1.29 is 50.1 Å². The SMILES string of the molecule is C[C@H]([N-][C@@H](C)c1ccccc1)c1ccccc1.[Cl-].[Li+].[Li+]. The summed E-state index contributed by atoms with van der Waals surface area (Å²) in [7, 11) is 0. The molecule has 1 nitrogen and oxygen atoms in total. The fraction of sp³-hybridized carbons (Fsp3) is 0.250. The Morgan fingerprint density at radius 2 is 0.950 bits per heavy atom. The summed E-state index contributed by atoms with van der Waals surface area (Å²) in [6.45, 7) is 4.30. The van der Waals surface area contributed by atoms with Crippen LogP contribution in [0.15, 0.2) is 60.7 Å². The van der Waals surface area contributed by atoms with E-state index in [1.165, 1.54) is 11.1 Å². The van der Waals surface area contributed by atoms with E-state index in [9.17, 15) is 0 Å². The zero-order valence-corrected chi connectivity index (χ0v) is 13.5. The largest absolute Gasteiger partial charge is 1.00 e. The Labute approximate surface area is 152 Å². The zero-order chi connectivity index (χ0) is 12.1. The third-order valence-corrected chi connectivity index (χ3v) is 3.01. The second kappa shape index (κ2) is 11.5. The topological polar surface area (TPSA) is 14.1 Å². The molecule has 0 heterocycles. The second-order valence-electron chi connectivity index (χ2n) is 4.32. The summed E-state index contributed by atoms with van der Waals surface area (Å²) in [5.74, 6) is 0. The summed E-state index contributed by atoms with van der Waals surface area (Å²) in [4.78, 5) is 0. The van der Waals surface area contributed by atoms with Crippen molar-refractivity contribution in [2.24, 2.45) is 0 Å². The van der Waals surface area contributed by atoms with E-state index in [4.69, 9.17) is 5.32 Å². The summed E-state index contributed by atoms with van der Waals surface area (Å²) >= 11 is 0. The standard InChI is InChI=1S/C16H18N.ClH.2Li/c1-13(15-9-5-3-6-10-15)17-14(2)16-11-7-4-8-12-16;;;/h3-14H,1-2H3;1H;;/q-1;;2*+1/p-1/t13-,14-;;;/m0.../s1. The van der Waals surface area contributed by atoms with Crippen molar-refractivity contribution in [3.63, 3.8) is 0 Å². The number of hydrogen-bond donors (Lipinski definition) is 0. The molecule has 0 radical (unpaired) electrons. The van der Waals surface area contributed by atoms with Crippen LogP contribution in [0.25, 0.3) is 5.32 Å². The first-order valence-corrected chi connectivity index (χ1v) is 6.07. The van der Waals surface area contributed by atoms with Crippen molar-refractivity contribution in [1.29, 1.82) is 0 Å². The molecule has 0 spiro atoms. The van der Waals surface area contributed by atoms with Crippen molar-refractivity contribution in [3.05, 3.63) is 77.1 Å². The molecular weight excluding hydrogens is 256 g/mol. The first kappa shape index (κ1) is 22.2. The van der Waals surface area contributed by atoms with E-state index in [-0.39, 0.29) is 62.2 Å². The molecule has 0 aliphatic heterocycles. The Morgan fingerprint density at radius 3 is 1.25 bits per heavy atom. The van der Waals surface area contributed by atoms with Gasteiger partial charge in [-0.1, -0.05) is 85.6 Å². The average Bonchev–Trinajstić information content (AvgIpc) is 2.40. The van der Waals surface area contributed by atoms with Crippen LogP contribution in [-0.2, 0) is 0 Å². The first-order chi connectivity index (χ1) is 8.27. The second-order valence-corrected chi connectivity index (χ2v) is 4.32. The Morgan fingerprint density at radius 1 is 0.650 bits per heavy atom. The third-order valence-electron chi connectivity index (χ3n) is 3.01. The van der Waals surface area contributed by atoms with Crippen molar-refractivity contribution in [2.45, 2.75) is 25.9 Å². The van der Waals surface area contributed by atoms with Crippen LogP contribution in [0.1, 0.15) is 37.1 Å². The molecule has 0 aromatic heterocycles. The smallest absolute Gasteiger partial charge is 1.00 e. The minimum atomic E-state index is 0. The van der Waals surface area contributed by atoms with E-state index in [0.717, 1.165) is 0 Å². The molecule has 0 amide bonds. The number of benzene rings is 2. The molecule has 2 atom stereocenters. The fourth-order valence-electron chi connectivity index (χ4n) is 1.97. The van der Waals surface area contributed by atoms with Crippen LogP contribution in [0.4, 0.5) is 0 Å². The van der Waals surface area contributed by atoms with Gasteiger partial charge in [0.05, 0.1) is 0 Å². The molecular formula is C16H18ClLi2N. The van der Waals surface area contributed by atoms with Gasteiger partial charge in [0.25, 0.3) is 0 Å². The van der Waals surface area contributed by atoms with Gasteiger partial charge in [-0.05, 0) is 0 Å². The van der Waals surface area contributed by atoms with Gasteiger partial charge < -0.3 is 17.7 Å². The maximum Gasteiger partial charge on any atom is 1.00 e. The molecule has 2 rings (SSSR count). The van der Waals surface area contributed by atoms with Crippen molar-refractivity contribution >= 4 is 0 Å². The van der Waals surface area contributed by atoms with Crippen LogP contribution < -0.4 is 50.1 Å². The van der Waals surface area contributed by atoms with Crippen molar-refractivity contribution in [3.8, 4) is 0 Å². The number of rotatable bonds is 4. The quantitative estimate of drug-likeness (QED) is 0.503. The molecule has 4 heteroatoms. The molecule has 96 valence electrons. The zero-order valence-electron chi connectivity index (χ0n) is 12.8. The number of hydrogen-bond acceptors (Lipinski definition) is 0. The summed E-state index contributed by atoms with van der Waals surface area (Å²) < 4.78 is 0. The summed E-state index contributed by atoms with van der Waals surface area (Å²) in [5.41, 5.74) is 2.55. The molecule has 2 aromatic carbocycles. The Hall–Kier alpha value is -0.115. The fourth-order valence-corrected chi connectivity index (χ4v) is 1.97. The molecule has 2 aromatic rings. The van der Waals surface area contributed by atoms with Crippen molar-refractivity contribution in [2.75, 3.05) is 0 Å². The molecule has 0 aliphatic rings. The first-order valence-electron chi connectivity index (χ1n) is 6.07. The molecule has 0 N–H and O–H groups in total. The van der Waals surface area contributed by atoms with Gasteiger partial charge in [0.15, 0.2) is 0 Å². The van der Waals surface area contributed by atoms with Gasteiger partial charge in [0.1, 0.15) is 0 Å². The Bertz CT molecular complexity index is 407. The van der Waals surface area contributed by atoms with Gasteiger partial charge in [-0.3, -0.25) is 0 Å². The van der Waals surface area contributed by atoms with Crippen LogP contribution in [0, 0.1) is 0 Å². The van der Waals surface area contributed by atoms with Gasteiger partial charge in [0, 0.05) is 0 Å². The predicted octanol–water partition coefficient (Wildman–Crippen LogP) is -4.11. The van der Waals surface area contributed by atoms with Gasteiger partial charge in [-0.25, -0.2) is 0 Å². The average molecular weight is 274 g/mol. The van der Waals surface area contributed by atoms with E-state index in [2.05, 4.69) is 62.4 Å². The normalized spacial score (nSPS) is 12.1. The van der Waals surface area contributed by atoms with Gasteiger partial charge in [-0.15, -0.1) is 12.1 Å². The minimum Gasteiger partial charge on any atom is -1.00 e. The predicted molar refractivity (Wildman–Crippen MR) is 73.1 cm³/mol. The van der Waals surface area contributed by atoms with E-state index in [1.807, 2.05) is 12.1 Å². The van der Waals surface area contributed by atoms with Crippen LogP contribution in [0.3, 0.4) is 0 Å². The van der Waals surface area contributed by atoms with Crippen LogP contribution in [-0.4, -0.2) is 0 Å². The van der Waals surface area contributed by atoms with E-state index in [1.54, 1.807) is 0 Å². The van der Waals surface area contributed by atoms with Gasteiger partial charge >= 0.3 is 37.7 Å². The molecule has 0 unspecified atom stereocenters. The summed E-state index contributed by atoms with van der Waals surface area (Å²) in [6, 6.07) is 21.3. The molecule has 0 saturated heterocycles. The molecule has 0 aliphatic carbocycles. The van der Waals surface area contributed by atoms with Gasteiger partial charge in [-0.2, -0.15) is 0 Å². The van der Waals surface area contributed by atoms with Crippen LogP contribution in [0.5, 0.6) is 0 Å². The van der Waals surface area contributed by atoms with E-state index in [0.29, 0.717) is 0 Å². The number of halogens is 1. The van der Waals surface area contributed by atoms with E-state index < -0.39 is 0 Å². The maximum atomic E-state index is 4.82. The third kappa shape index (κ3) is 6.56. The number of nitrogens with zero attached hydrogens (tertiary/aromatic N) is 1.